The van der Waals surface area contributed by atoms with Crippen LogP contribution in [0.25, 0.3) is 5.69 Å². The third-order valence-corrected chi connectivity index (χ3v) is 5.16. The summed E-state index contributed by atoms with van der Waals surface area (Å²) in [5.74, 6) is 0.486. The lowest BCUT2D eigenvalue weighted by Crippen LogP contribution is -2.28. The van der Waals surface area contributed by atoms with E-state index in [9.17, 15) is 4.79 Å². The maximum absolute atomic E-state index is 13.2. The molecule has 3 aromatic rings. The van der Waals surface area contributed by atoms with Gasteiger partial charge in [0.25, 0.3) is 5.91 Å². The lowest BCUT2D eigenvalue weighted by Gasteiger charge is -2.19. The lowest BCUT2D eigenvalue weighted by molar-refractivity contribution is 0.0776. The standard InChI is InChI=1S/C23H26N4O/c1-25(2)19-13-9-17(10-14-19)16-26(3)23(28)22-15-21(18-11-12-18)24-27(22)20-7-5-4-6-8-20/h4-10,13-15,18H,11-12,16H2,1-3H3. The van der Waals surface area contributed by atoms with Crippen molar-refractivity contribution in [3.63, 3.8) is 0 Å². The van der Waals surface area contributed by atoms with Crippen LogP contribution < -0.4 is 4.90 Å². The quantitative estimate of drug-likeness (QED) is 0.653. The van der Waals surface area contributed by atoms with Gasteiger partial charge in [0.15, 0.2) is 0 Å². The number of carbonyl (C=O) groups excluding carboxylic acids is 1. The molecule has 0 N–H and O–H groups in total. The molecule has 0 radical (unpaired) electrons. The Labute approximate surface area is 166 Å². The minimum atomic E-state index is -0.0139. The number of hydrogen-bond acceptors (Lipinski definition) is 3. The molecule has 144 valence electrons. The first-order chi connectivity index (χ1) is 13.5. The second-order valence-electron chi connectivity index (χ2n) is 7.70. The zero-order chi connectivity index (χ0) is 19.7. The van der Waals surface area contributed by atoms with Gasteiger partial charge in [0.05, 0.1) is 11.4 Å². The van der Waals surface area contributed by atoms with E-state index in [-0.39, 0.29) is 5.91 Å². The molecular weight excluding hydrogens is 348 g/mol. The van der Waals surface area contributed by atoms with Gasteiger partial charge in [-0.2, -0.15) is 5.10 Å². The number of rotatable bonds is 6. The Hall–Kier alpha value is -3.08. The lowest BCUT2D eigenvalue weighted by atomic mass is 10.2. The van der Waals surface area contributed by atoms with Gasteiger partial charge in [-0.15, -0.1) is 0 Å². The van der Waals surface area contributed by atoms with E-state index >= 15 is 0 Å². The second kappa shape index (κ2) is 7.50. The molecule has 0 aliphatic heterocycles. The van der Waals surface area contributed by atoms with Gasteiger partial charge in [0, 0.05) is 39.3 Å². The van der Waals surface area contributed by atoms with Gasteiger partial charge in [0.2, 0.25) is 0 Å². The van der Waals surface area contributed by atoms with Crippen LogP contribution in [0.2, 0.25) is 0 Å². The van der Waals surface area contributed by atoms with E-state index in [4.69, 9.17) is 5.10 Å². The van der Waals surface area contributed by atoms with E-state index in [0.717, 1.165) is 35.5 Å². The van der Waals surface area contributed by atoms with Crippen molar-refractivity contribution < 1.29 is 4.79 Å². The Morgan fingerprint density at radius 2 is 1.71 bits per heavy atom. The Kier molecular flexibility index (Phi) is 4.90. The molecule has 4 rings (SSSR count). The van der Waals surface area contributed by atoms with Crippen LogP contribution in [0.15, 0.2) is 60.7 Å². The van der Waals surface area contributed by atoms with E-state index in [2.05, 4.69) is 29.2 Å². The molecule has 1 amide bonds. The molecule has 1 aliphatic carbocycles. The first-order valence-electron chi connectivity index (χ1n) is 9.70. The number of nitrogens with zero attached hydrogens (tertiary/aromatic N) is 4. The smallest absolute Gasteiger partial charge is 0.272 e. The van der Waals surface area contributed by atoms with Gasteiger partial charge in [-0.1, -0.05) is 30.3 Å². The number of carbonyl (C=O) groups is 1. The van der Waals surface area contributed by atoms with Crippen molar-refractivity contribution in [3.8, 4) is 5.69 Å². The van der Waals surface area contributed by atoms with Crippen LogP contribution in [0.3, 0.4) is 0 Å². The Morgan fingerprint density at radius 1 is 1.04 bits per heavy atom. The number of hydrogen-bond donors (Lipinski definition) is 0. The number of para-hydroxylation sites is 1. The monoisotopic (exact) mass is 374 g/mol. The fraction of sp³-hybridized carbons (Fsp3) is 0.304. The topological polar surface area (TPSA) is 41.4 Å². The van der Waals surface area contributed by atoms with Crippen LogP contribution >= 0.6 is 0 Å². The Morgan fingerprint density at radius 3 is 2.32 bits per heavy atom. The molecule has 28 heavy (non-hydrogen) atoms. The van der Waals surface area contributed by atoms with Crippen LogP contribution in [-0.2, 0) is 6.54 Å². The summed E-state index contributed by atoms with van der Waals surface area (Å²) in [4.78, 5) is 17.1. The highest BCUT2D eigenvalue weighted by Crippen LogP contribution is 2.39. The minimum absolute atomic E-state index is 0.0139. The largest absolute Gasteiger partial charge is 0.378 e. The summed E-state index contributed by atoms with van der Waals surface area (Å²) in [6, 6.07) is 20.2. The summed E-state index contributed by atoms with van der Waals surface area (Å²) >= 11 is 0. The molecule has 2 aromatic carbocycles. The molecule has 0 bridgehead atoms. The number of anilines is 1. The Bertz CT molecular complexity index is 956. The van der Waals surface area contributed by atoms with Crippen molar-refractivity contribution in [1.29, 1.82) is 0 Å². The van der Waals surface area contributed by atoms with Gasteiger partial charge in [-0.25, -0.2) is 4.68 Å². The number of amides is 1. The van der Waals surface area contributed by atoms with Crippen LogP contribution in [-0.4, -0.2) is 41.7 Å². The second-order valence-corrected chi connectivity index (χ2v) is 7.70. The zero-order valence-corrected chi connectivity index (χ0v) is 16.7. The van der Waals surface area contributed by atoms with Gasteiger partial charge >= 0.3 is 0 Å². The Balaban J connectivity index is 1.58. The number of aromatic nitrogens is 2. The molecule has 0 saturated heterocycles. The van der Waals surface area contributed by atoms with Crippen molar-refractivity contribution in [2.75, 3.05) is 26.0 Å². The van der Waals surface area contributed by atoms with Crippen LogP contribution in [0, 0.1) is 0 Å². The van der Waals surface area contributed by atoms with E-state index < -0.39 is 0 Å². The summed E-state index contributed by atoms with van der Waals surface area (Å²) in [6.45, 7) is 0.561. The molecule has 5 nitrogen and oxygen atoms in total. The van der Waals surface area contributed by atoms with Gasteiger partial charge < -0.3 is 9.80 Å². The maximum Gasteiger partial charge on any atom is 0.272 e. The minimum Gasteiger partial charge on any atom is -0.378 e. The molecular formula is C23H26N4O. The van der Waals surface area contributed by atoms with E-state index in [1.807, 2.05) is 57.5 Å². The highest BCUT2D eigenvalue weighted by atomic mass is 16.2. The molecule has 1 fully saturated rings. The predicted octanol–water partition coefficient (Wildman–Crippen LogP) is 4.09. The third-order valence-electron chi connectivity index (χ3n) is 5.16. The van der Waals surface area contributed by atoms with Crippen molar-refractivity contribution in [1.82, 2.24) is 14.7 Å². The molecule has 1 aliphatic rings. The number of benzene rings is 2. The molecule has 1 heterocycles. The first-order valence-corrected chi connectivity index (χ1v) is 9.70. The van der Waals surface area contributed by atoms with Gasteiger partial charge in [-0.3, -0.25) is 4.79 Å². The first kappa shape index (κ1) is 18.3. The average molecular weight is 374 g/mol. The molecule has 1 aromatic heterocycles. The van der Waals surface area contributed by atoms with Crippen molar-refractivity contribution >= 4 is 11.6 Å². The predicted molar refractivity (Wildman–Crippen MR) is 112 cm³/mol. The van der Waals surface area contributed by atoms with Crippen LogP contribution in [0.4, 0.5) is 5.69 Å². The molecule has 0 unspecified atom stereocenters. The van der Waals surface area contributed by atoms with E-state index in [1.165, 1.54) is 0 Å². The molecule has 0 atom stereocenters. The summed E-state index contributed by atoms with van der Waals surface area (Å²) in [5.41, 5.74) is 4.82. The normalized spacial score (nSPS) is 13.4. The molecule has 5 heteroatoms. The average Bonchev–Trinajstić information content (AvgIpc) is 3.47. The van der Waals surface area contributed by atoms with Gasteiger partial charge in [0.1, 0.15) is 5.69 Å². The summed E-state index contributed by atoms with van der Waals surface area (Å²) in [5, 5.41) is 4.75. The highest BCUT2D eigenvalue weighted by molar-refractivity contribution is 5.93. The van der Waals surface area contributed by atoms with Gasteiger partial charge in [-0.05, 0) is 48.7 Å². The van der Waals surface area contributed by atoms with E-state index in [0.29, 0.717) is 18.2 Å². The SMILES string of the molecule is CN(Cc1ccc(N(C)C)cc1)C(=O)c1cc(C2CC2)nn1-c1ccccc1. The summed E-state index contributed by atoms with van der Waals surface area (Å²) in [7, 11) is 5.89. The van der Waals surface area contributed by atoms with E-state index in [1.54, 1.807) is 9.58 Å². The molecule has 0 spiro atoms. The summed E-state index contributed by atoms with van der Waals surface area (Å²) in [6.07, 6.45) is 2.32. The van der Waals surface area contributed by atoms with Crippen molar-refractivity contribution in [3.05, 3.63) is 77.6 Å². The third kappa shape index (κ3) is 3.79. The fourth-order valence-electron chi connectivity index (χ4n) is 3.34. The fourth-order valence-corrected chi connectivity index (χ4v) is 3.34. The van der Waals surface area contributed by atoms with Crippen LogP contribution in [0.5, 0.6) is 0 Å². The van der Waals surface area contributed by atoms with Crippen LogP contribution in [0.1, 0.15) is 40.5 Å². The summed E-state index contributed by atoms with van der Waals surface area (Å²) < 4.78 is 1.79. The van der Waals surface area contributed by atoms with Crippen molar-refractivity contribution in [2.45, 2.75) is 25.3 Å². The highest BCUT2D eigenvalue weighted by Gasteiger charge is 2.29. The maximum atomic E-state index is 13.2. The molecule has 1 saturated carbocycles. The van der Waals surface area contributed by atoms with Crippen molar-refractivity contribution in [2.24, 2.45) is 0 Å². The zero-order valence-electron chi connectivity index (χ0n) is 16.7.